The van der Waals surface area contributed by atoms with Gasteiger partial charge in [0, 0.05) is 17.6 Å². The van der Waals surface area contributed by atoms with E-state index in [1.807, 2.05) is 46.8 Å². The highest BCUT2D eigenvalue weighted by molar-refractivity contribution is 7.92. The highest BCUT2D eigenvalue weighted by Gasteiger charge is 2.34. The molecule has 7 nitrogen and oxygen atoms in total. The molecule has 0 aliphatic carbocycles. The van der Waals surface area contributed by atoms with Gasteiger partial charge in [0.1, 0.15) is 12.6 Å². The summed E-state index contributed by atoms with van der Waals surface area (Å²) in [6, 6.07) is 19.6. The Hall–Kier alpha value is -3.36. The number of nitrogens with one attached hydrogen (secondary N) is 1. The molecule has 208 valence electrons. The first-order valence-corrected chi connectivity index (χ1v) is 14.8. The van der Waals surface area contributed by atoms with Gasteiger partial charge >= 0.3 is 0 Å². The fourth-order valence-corrected chi connectivity index (χ4v) is 6.12. The van der Waals surface area contributed by atoms with Crippen molar-refractivity contribution in [3.05, 3.63) is 94.5 Å². The maximum Gasteiger partial charge on any atom is 0.264 e. The average molecular weight is 570 g/mol. The summed E-state index contributed by atoms with van der Waals surface area (Å²) >= 11 is 6.43. The molecule has 0 fully saturated rings. The maximum absolute atomic E-state index is 14.1. The fourth-order valence-electron chi connectivity index (χ4n) is 4.43. The van der Waals surface area contributed by atoms with Crippen LogP contribution in [0.1, 0.15) is 43.9 Å². The zero-order valence-electron chi connectivity index (χ0n) is 23.0. The van der Waals surface area contributed by atoms with E-state index in [0.717, 1.165) is 9.87 Å². The van der Waals surface area contributed by atoms with Crippen molar-refractivity contribution in [2.24, 2.45) is 0 Å². The topological polar surface area (TPSA) is 86.8 Å². The van der Waals surface area contributed by atoms with Crippen molar-refractivity contribution in [2.75, 3.05) is 10.8 Å². The van der Waals surface area contributed by atoms with E-state index in [1.165, 1.54) is 17.0 Å². The zero-order valence-corrected chi connectivity index (χ0v) is 24.6. The second kappa shape index (κ2) is 13.1. The van der Waals surface area contributed by atoms with Gasteiger partial charge in [-0.3, -0.25) is 13.9 Å². The molecule has 0 spiro atoms. The van der Waals surface area contributed by atoms with Crippen LogP contribution in [-0.4, -0.2) is 43.8 Å². The van der Waals surface area contributed by atoms with Crippen LogP contribution in [-0.2, 0) is 26.2 Å². The van der Waals surface area contributed by atoms with Gasteiger partial charge in [0.15, 0.2) is 0 Å². The summed E-state index contributed by atoms with van der Waals surface area (Å²) in [6.07, 6.45) is 0.337. The van der Waals surface area contributed by atoms with Crippen molar-refractivity contribution in [1.29, 1.82) is 0 Å². The number of carbonyl (C=O) groups is 2. The Bertz CT molecular complexity index is 1410. The lowest BCUT2D eigenvalue weighted by molar-refractivity contribution is -0.140. The van der Waals surface area contributed by atoms with Crippen LogP contribution >= 0.6 is 11.6 Å². The second-order valence-electron chi connectivity index (χ2n) is 9.82. The summed E-state index contributed by atoms with van der Waals surface area (Å²) in [4.78, 5) is 28.8. The van der Waals surface area contributed by atoms with E-state index in [9.17, 15) is 18.0 Å². The van der Waals surface area contributed by atoms with Crippen molar-refractivity contribution >= 4 is 39.1 Å². The monoisotopic (exact) mass is 569 g/mol. The number of sulfonamides is 1. The van der Waals surface area contributed by atoms with Gasteiger partial charge in [0.05, 0.1) is 10.6 Å². The first kappa shape index (κ1) is 30.2. The standard InChI is InChI=1S/C30H36ClN3O4S/c1-6-27(30(36)32-21(2)3)33(19-24-12-10-11-15-26(24)31)29(35)20-34(28-17-16-22(4)18-23(28)5)39(37,38)25-13-8-7-9-14-25/h7-18,21,27H,6,19-20H2,1-5H3,(H,32,36). The lowest BCUT2D eigenvalue weighted by Crippen LogP contribution is -2.53. The number of amides is 2. The summed E-state index contributed by atoms with van der Waals surface area (Å²) in [5.74, 6) is -0.822. The van der Waals surface area contributed by atoms with Crippen molar-refractivity contribution in [2.45, 2.75) is 64.6 Å². The minimum absolute atomic E-state index is 0.0502. The second-order valence-corrected chi connectivity index (χ2v) is 12.1. The Morgan fingerprint density at radius 3 is 2.18 bits per heavy atom. The van der Waals surface area contributed by atoms with E-state index in [4.69, 9.17) is 11.6 Å². The van der Waals surface area contributed by atoms with Gasteiger partial charge in [-0.25, -0.2) is 8.42 Å². The Kier molecular flexibility index (Phi) is 10.2. The van der Waals surface area contributed by atoms with E-state index >= 15 is 0 Å². The third-order valence-electron chi connectivity index (χ3n) is 6.35. The summed E-state index contributed by atoms with van der Waals surface area (Å²) in [5.41, 5.74) is 2.74. The SMILES string of the molecule is CCC(C(=O)NC(C)C)N(Cc1ccccc1Cl)C(=O)CN(c1ccc(C)cc1C)S(=O)(=O)c1ccccc1. The number of hydrogen-bond donors (Lipinski definition) is 1. The zero-order chi connectivity index (χ0) is 28.7. The van der Waals surface area contributed by atoms with Gasteiger partial charge < -0.3 is 10.2 Å². The Morgan fingerprint density at radius 1 is 0.949 bits per heavy atom. The minimum atomic E-state index is -4.11. The number of carbonyl (C=O) groups excluding carboxylic acids is 2. The third kappa shape index (κ3) is 7.40. The molecule has 0 aliphatic rings. The van der Waals surface area contributed by atoms with Gasteiger partial charge in [0.25, 0.3) is 10.0 Å². The van der Waals surface area contributed by atoms with Crippen LogP contribution in [0.25, 0.3) is 0 Å². The molecule has 3 aromatic carbocycles. The van der Waals surface area contributed by atoms with Crippen molar-refractivity contribution < 1.29 is 18.0 Å². The molecule has 1 N–H and O–H groups in total. The van der Waals surface area contributed by atoms with E-state index in [-0.39, 0.29) is 23.4 Å². The molecule has 9 heteroatoms. The quantitative estimate of drug-likeness (QED) is 0.331. The predicted molar refractivity (Wildman–Crippen MR) is 156 cm³/mol. The lowest BCUT2D eigenvalue weighted by atomic mass is 10.1. The number of anilines is 1. The molecule has 0 aromatic heterocycles. The molecular weight excluding hydrogens is 534 g/mol. The van der Waals surface area contributed by atoms with Crippen molar-refractivity contribution in [1.82, 2.24) is 10.2 Å². The van der Waals surface area contributed by atoms with E-state index in [2.05, 4.69) is 5.32 Å². The van der Waals surface area contributed by atoms with Gasteiger partial charge in [-0.15, -0.1) is 0 Å². The van der Waals surface area contributed by atoms with Crippen molar-refractivity contribution in [3.8, 4) is 0 Å². The number of halogens is 1. The molecule has 1 atom stereocenters. The third-order valence-corrected chi connectivity index (χ3v) is 8.49. The molecule has 39 heavy (non-hydrogen) atoms. The number of benzene rings is 3. The number of aryl methyl sites for hydroxylation is 2. The molecule has 0 saturated heterocycles. The van der Waals surface area contributed by atoms with Crippen LogP contribution in [0.15, 0.2) is 77.7 Å². The summed E-state index contributed by atoms with van der Waals surface area (Å²) < 4.78 is 29.0. The Balaban J connectivity index is 2.10. The number of hydrogen-bond acceptors (Lipinski definition) is 4. The maximum atomic E-state index is 14.1. The largest absolute Gasteiger partial charge is 0.352 e. The molecule has 0 heterocycles. The first-order valence-electron chi connectivity index (χ1n) is 12.9. The highest BCUT2D eigenvalue weighted by atomic mass is 35.5. The minimum Gasteiger partial charge on any atom is -0.352 e. The van der Waals surface area contributed by atoms with Gasteiger partial charge in [-0.05, 0) is 69.5 Å². The van der Waals surface area contributed by atoms with Crippen molar-refractivity contribution in [3.63, 3.8) is 0 Å². The molecule has 0 saturated carbocycles. The van der Waals surface area contributed by atoms with Crippen LogP contribution in [0.5, 0.6) is 0 Å². The van der Waals surface area contributed by atoms with E-state index in [1.54, 1.807) is 48.5 Å². The molecule has 3 aromatic rings. The first-order chi connectivity index (χ1) is 18.4. The smallest absolute Gasteiger partial charge is 0.264 e. The van der Waals surface area contributed by atoms with Crippen LogP contribution in [0.2, 0.25) is 5.02 Å². The molecule has 0 bridgehead atoms. The molecule has 1 unspecified atom stereocenters. The van der Waals surface area contributed by atoms with E-state index in [0.29, 0.717) is 28.3 Å². The number of nitrogens with zero attached hydrogens (tertiary/aromatic N) is 2. The summed E-state index contributed by atoms with van der Waals surface area (Å²) in [7, 11) is -4.11. The fraction of sp³-hybridized carbons (Fsp3) is 0.333. The summed E-state index contributed by atoms with van der Waals surface area (Å²) in [6.45, 7) is 8.80. The molecule has 0 aliphatic heterocycles. The van der Waals surface area contributed by atoms with E-state index < -0.39 is 28.5 Å². The lowest BCUT2D eigenvalue weighted by Gasteiger charge is -2.34. The predicted octanol–water partition coefficient (Wildman–Crippen LogP) is 5.48. The molecular formula is C30H36ClN3O4S. The highest BCUT2D eigenvalue weighted by Crippen LogP contribution is 2.28. The normalized spacial score (nSPS) is 12.2. The Labute approximate surface area is 236 Å². The molecule has 2 amide bonds. The van der Waals surface area contributed by atoms with Crippen LogP contribution in [0.3, 0.4) is 0 Å². The summed E-state index contributed by atoms with van der Waals surface area (Å²) in [5, 5.41) is 3.34. The van der Waals surface area contributed by atoms with Crippen LogP contribution in [0, 0.1) is 13.8 Å². The van der Waals surface area contributed by atoms with Gasteiger partial charge in [-0.2, -0.15) is 0 Å². The number of rotatable bonds is 11. The van der Waals surface area contributed by atoms with Crippen LogP contribution < -0.4 is 9.62 Å². The Morgan fingerprint density at radius 2 is 1.59 bits per heavy atom. The molecule has 0 radical (unpaired) electrons. The van der Waals surface area contributed by atoms with Gasteiger partial charge in [-0.1, -0.05) is 72.6 Å². The van der Waals surface area contributed by atoms with Gasteiger partial charge in [0.2, 0.25) is 11.8 Å². The van der Waals surface area contributed by atoms with Crippen LogP contribution in [0.4, 0.5) is 5.69 Å². The molecule has 3 rings (SSSR count). The average Bonchev–Trinajstić information content (AvgIpc) is 2.88.